The molecule has 0 N–H and O–H groups in total. The van der Waals surface area contributed by atoms with Crippen molar-refractivity contribution in [2.75, 3.05) is 0 Å². The van der Waals surface area contributed by atoms with Crippen LogP contribution in [0.15, 0.2) is 109 Å². The monoisotopic (exact) mass is 334 g/mol. The summed E-state index contributed by atoms with van der Waals surface area (Å²) in [5.74, 6) is 0. The van der Waals surface area contributed by atoms with E-state index in [1.165, 1.54) is 33.4 Å². The number of benzene rings is 4. The molecule has 0 nitrogen and oxygen atoms in total. The van der Waals surface area contributed by atoms with Crippen molar-refractivity contribution in [1.29, 1.82) is 0 Å². The van der Waals surface area contributed by atoms with E-state index >= 15 is 0 Å². The molecule has 4 rings (SSSR count). The fraction of sp³-hybridized carbons (Fsp3) is 0. The summed E-state index contributed by atoms with van der Waals surface area (Å²) < 4.78 is 0. The van der Waals surface area contributed by atoms with Crippen LogP contribution in [0.3, 0.4) is 0 Å². The van der Waals surface area contributed by atoms with Crippen LogP contribution in [0.1, 0.15) is 0 Å². The van der Waals surface area contributed by atoms with Crippen LogP contribution >= 0.6 is 0 Å². The lowest BCUT2D eigenvalue weighted by atomic mass is 9.89. The topological polar surface area (TPSA) is 0 Å². The first kappa shape index (κ1) is 16.9. The van der Waals surface area contributed by atoms with Gasteiger partial charge in [-0.15, -0.1) is 0 Å². The molecule has 0 atom stereocenters. The van der Waals surface area contributed by atoms with E-state index in [1.807, 2.05) is 0 Å². The first-order chi connectivity index (χ1) is 11.9. The normalized spacial score (nSPS) is 10.1. The van der Waals surface area contributed by atoms with Crippen LogP contribution in [0.5, 0.6) is 0 Å². The average Bonchev–Trinajstić information content (AvgIpc) is 2.69. The average molecular weight is 334 g/mol. The number of rotatable bonds is 3. The van der Waals surface area contributed by atoms with E-state index in [1.54, 1.807) is 0 Å². The van der Waals surface area contributed by atoms with Crippen molar-refractivity contribution in [2.24, 2.45) is 0 Å². The Morgan fingerprint density at radius 1 is 0.280 bits per heavy atom. The minimum absolute atomic E-state index is 0. The van der Waals surface area contributed by atoms with E-state index in [9.17, 15) is 0 Å². The molecule has 1 heteroatoms. The molecule has 0 aliphatic heterocycles. The highest BCUT2D eigenvalue weighted by Crippen LogP contribution is 2.37. The second kappa shape index (κ2) is 7.78. The molecular weight excluding hydrogens is 316 g/mol. The molecule has 0 aliphatic carbocycles. The summed E-state index contributed by atoms with van der Waals surface area (Å²) in [6, 6.07) is 38.4. The fourth-order valence-corrected chi connectivity index (χ4v) is 3.17. The van der Waals surface area contributed by atoms with Gasteiger partial charge >= 0.3 is 0 Å². The fourth-order valence-electron chi connectivity index (χ4n) is 3.17. The molecule has 0 heterocycles. The van der Waals surface area contributed by atoms with Crippen LogP contribution in [-0.2, 0) is 0 Å². The number of hydrogen-bond acceptors (Lipinski definition) is 0. The first-order valence-electron chi connectivity index (χ1n) is 8.23. The minimum Gasteiger partial charge on any atom is -0.0622 e. The third-order valence-corrected chi connectivity index (χ3v) is 4.31. The van der Waals surface area contributed by atoms with Crippen LogP contribution in [0.4, 0.5) is 0 Å². The zero-order valence-electron chi connectivity index (χ0n) is 13.9. The SMILES string of the molecule is [Si].c1ccc(-c2ccccc2-c2ccccc2-c2ccccc2)cc1. The van der Waals surface area contributed by atoms with Crippen molar-refractivity contribution in [2.45, 2.75) is 0 Å². The Kier molecular flexibility index (Phi) is 5.27. The lowest BCUT2D eigenvalue weighted by molar-refractivity contribution is 1.56. The van der Waals surface area contributed by atoms with E-state index in [0.717, 1.165) is 0 Å². The first-order valence-corrected chi connectivity index (χ1v) is 8.23. The highest BCUT2D eigenvalue weighted by molar-refractivity contribution is 5.91. The molecule has 0 saturated carbocycles. The summed E-state index contributed by atoms with van der Waals surface area (Å²) in [5, 5.41) is 0. The molecule has 0 amide bonds. The Morgan fingerprint density at radius 3 is 0.920 bits per heavy atom. The highest BCUT2D eigenvalue weighted by Gasteiger charge is 2.11. The lowest BCUT2D eigenvalue weighted by Crippen LogP contribution is -1.88. The maximum Gasteiger partial charge on any atom is 0 e. The summed E-state index contributed by atoms with van der Waals surface area (Å²) in [4.78, 5) is 0. The van der Waals surface area contributed by atoms with Gasteiger partial charge in [0.05, 0.1) is 0 Å². The highest BCUT2D eigenvalue weighted by atomic mass is 28.1. The molecule has 118 valence electrons. The maximum absolute atomic E-state index is 2.21. The van der Waals surface area contributed by atoms with Gasteiger partial charge in [0.25, 0.3) is 0 Å². The Balaban J connectivity index is 0.00000182. The largest absolute Gasteiger partial charge is 0.0622 e. The Labute approximate surface area is 153 Å². The van der Waals surface area contributed by atoms with Crippen molar-refractivity contribution < 1.29 is 0 Å². The van der Waals surface area contributed by atoms with Gasteiger partial charge < -0.3 is 0 Å². The standard InChI is InChI=1S/C24H18.Si/c1-3-11-19(12-4-1)21-15-7-9-17-23(21)24-18-10-8-16-22(24)20-13-5-2-6-14-20;/h1-18H;. The minimum atomic E-state index is 0. The van der Waals surface area contributed by atoms with Crippen LogP contribution in [0, 0.1) is 0 Å². The second-order valence-corrected chi connectivity index (χ2v) is 5.82. The third kappa shape index (κ3) is 3.47. The molecule has 0 aromatic heterocycles. The molecule has 0 fully saturated rings. The van der Waals surface area contributed by atoms with E-state index in [4.69, 9.17) is 0 Å². The summed E-state index contributed by atoms with van der Waals surface area (Å²) in [7, 11) is 0. The molecule has 25 heavy (non-hydrogen) atoms. The smallest absolute Gasteiger partial charge is 0 e. The van der Waals surface area contributed by atoms with E-state index in [0.29, 0.717) is 0 Å². The van der Waals surface area contributed by atoms with Crippen LogP contribution in [0.25, 0.3) is 33.4 Å². The van der Waals surface area contributed by atoms with Gasteiger partial charge in [0, 0.05) is 11.0 Å². The molecule has 0 spiro atoms. The molecule has 0 aliphatic rings. The zero-order chi connectivity index (χ0) is 16.2. The number of hydrogen-bond donors (Lipinski definition) is 0. The van der Waals surface area contributed by atoms with E-state index in [-0.39, 0.29) is 11.0 Å². The Bertz CT molecular complexity index is 863. The third-order valence-electron chi connectivity index (χ3n) is 4.31. The molecule has 4 radical (unpaired) electrons. The van der Waals surface area contributed by atoms with Crippen LogP contribution in [-0.4, -0.2) is 11.0 Å². The van der Waals surface area contributed by atoms with Gasteiger partial charge in [-0.05, 0) is 33.4 Å². The molecule has 4 aromatic carbocycles. The van der Waals surface area contributed by atoms with Crippen LogP contribution in [0.2, 0.25) is 0 Å². The van der Waals surface area contributed by atoms with Gasteiger partial charge in [0.1, 0.15) is 0 Å². The molecule has 0 bridgehead atoms. The van der Waals surface area contributed by atoms with Crippen molar-refractivity contribution in [3.8, 4) is 33.4 Å². The maximum atomic E-state index is 2.21. The summed E-state index contributed by atoms with van der Waals surface area (Å²) in [5.41, 5.74) is 7.56. The quantitative estimate of drug-likeness (QED) is 0.385. The summed E-state index contributed by atoms with van der Waals surface area (Å²) in [6.07, 6.45) is 0. The lowest BCUT2D eigenvalue weighted by Gasteiger charge is -2.14. The molecule has 0 unspecified atom stereocenters. The predicted molar refractivity (Wildman–Crippen MR) is 109 cm³/mol. The zero-order valence-corrected chi connectivity index (χ0v) is 14.9. The Hall–Kier alpha value is -2.90. The summed E-state index contributed by atoms with van der Waals surface area (Å²) in [6.45, 7) is 0. The van der Waals surface area contributed by atoms with Crippen molar-refractivity contribution in [3.05, 3.63) is 109 Å². The Morgan fingerprint density at radius 2 is 0.560 bits per heavy atom. The van der Waals surface area contributed by atoms with E-state index in [2.05, 4.69) is 109 Å². The van der Waals surface area contributed by atoms with Crippen molar-refractivity contribution in [3.63, 3.8) is 0 Å². The predicted octanol–water partition coefficient (Wildman–Crippen LogP) is 6.31. The molecule has 4 aromatic rings. The van der Waals surface area contributed by atoms with Crippen molar-refractivity contribution in [1.82, 2.24) is 0 Å². The van der Waals surface area contributed by atoms with Gasteiger partial charge in [-0.3, -0.25) is 0 Å². The van der Waals surface area contributed by atoms with Gasteiger partial charge in [-0.2, -0.15) is 0 Å². The van der Waals surface area contributed by atoms with E-state index < -0.39 is 0 Å². The summed E-state index contributed by atoms with van der Waals surface area (Å²) >= 11 is 0. The van der Waals surface area contributed by atoms with Gasteiger partial charge in [0.2, 0.25) is 0 Å². The second-order valence-electron chi connectivity index (χ2n) is 5.82. The van der Waals surface area contributed by atoms with Crippen molar-refractivity contribution >= 4 is 11.0 Å². The molecule has 0 saturated heterocycles. The van der Waals surface area contributed by atoms with Gasteiger partial charge in [-0.1, -0.05) is 109 Å². The van der Waals surface area contributed by atoms with Gasteiger partial charge in [0.15, 0.2) is 0 Å². The molecular formula is C24H18Si. The van der Waals surface area contributed by atoms with Crippen LogP contribution < -0.4 is 0 Å². The van der Waals surface area contributed by atoms with Gasteiger partial charge in [-0.25, -0.2) is 0 Å².